The molecule has 4 fully saturated rings. The Kier molecular flexibility index (Phi) is 12.0. The molecule has 4 aliphatic heterocycles. The van der Waals surface area contributed by atoms with Crippen LogP contribution in [-0.4, -0.2) is 90.1 Å². The van der Waals surface area contributed by atoms with Crippen LogP contribution in [0.15, 0.2) is 24.3 Å². The normalized spacial score (nSPS) is 31.2. The van der Waals surface area contributed by atoms with Crippen molar-refractivity contribution in [2.24, 2.45) is 0 Å². The highest BCUT2D eigenvalue weighted by atomic mass is 15.3. The standard InChI is InChI=1S/C54H92N4/c1-21-25-55-47(5,6)33-43(51(55,13)14)37-29-39-40(41(31-37)45-35-49(9,10)57(27-23-3)53(45,17)18)30-38(44-34-48(7,8)56(26-22-2)52(44,15)16)32-42(39)46-36-50(11,12)58(28-24-4)54(46,19)20/h29-32,43-46H,21-28,33-36H2,1-20H3. The van der Waals surface area contributed by atoms with Crippen molar-refractivity contribution < 1.29 is 0 Å². The largest absolute Gasteiger partial charge is 0.292 e. The SMILES string of the molecule is CCCN1C(C)(C)CC(c2cc(C3CC(C)(C)N(CCC)C3(C)C)c3cc(C4CC(C)(C)N(CCC)C4(C)C)cc(C4CC(C)(C)N(CCC)C4(C)C)c3c2)C1(C)C. The minimum Gasteiger partial charge on any atom is -0.292 e. The van der Waals surface area contributed by atoms with Crippen molar-refractivity contribution in [2.45, 2.75) is 258 Å². The van der Waals surface area contributed by atoms with Gasteiger partial charge in [0.25, 0.3) is 0 Å². The quantitative estimate of drug-likeness (QED) is 0.212. The zero-order valence-corrected chi connectivity index (χ0v) is 41.9. The van der Waals surface area contributed by atoms with Crippen LogP contribution in [-0.2, 0) is 0 Å². The molecule has 0 saturated carbocycles. The maximum atomic E-state index is 2.88. The van der Waals surface area contributed by atoms with Gasteiger partial charge in [0.2, 0.25) is 0 Å². The molecule has 0 bridgehead atoms. The molecule has 0 aliphatic carbocycles. The van der Waals surface area contributed by atoms with Crippen molar-refractivity contribution >= 4 is 10.8 Å². The van der Waals surface area contributed by atoms with E-state index in [2.05, 4.69) is 182 Å². The van der Waals surface area contributed by atoms with E-state index in [-0.39, 0.29) is 44.3 Å². The summed E-state index contributed by atoms with van der Waals surface area (Å²) in [5.74, 6) is 1.82. The predicted molar refractivity (Wildman–Crippen MR) is 254 cm³/mol. The third-order valence-corrected chi connectivity index (χ3v) is 17.5. The molecule has 58 heavy (non-hydrogen) atoms. The van der Waals surface area contributed by atoms with E-state index in [1.54, 1.807) is 33.0 Å². The average Bonchev–Trinajstić information content (AvgIpc) is 3.58. The van der Waals surface area contributed by atoms with Crippen molar-refractivity contribution in [2.75, 3.05) is 26.2 Å². The first-order valence-electron chi connectivity index (χ1n) is 24.3. The van der Waals surface area contributed by atoms with E-state index in [0.717, 1.165) is 26.2 Å². The highest BCUT2D eigenvalue weighted by Gasteiger charge is 2.56. The Balaban J connectivity index is 1.72. The molecule has 4 nitrogen and oxygen atoms in total. The van der Waals surface area contributed by atoms with Crippen LogP contribution in [0.25, 0.3) is 10.8 Å². The average molecular weight is 797 g/mol. The summed E-state index contributed by atoms with van der Waals surface area (Å²) in [4.78, 5) is 11.5. The Morgan fingerprint density at radius 2 is 0.586 bits per heavy atom. The lowest BCUT2D eigenvalue weighted by Crippen LogP contribution is -2.50. The molecule has 2 aromatic carbocycles. The summed E-state index contributed by atoms with van der Waals surface area (Å²) < 4.78 is 0. The lowest BCUT2D eigenvalue weighted by atomic mass is 9.71. The van der Waals surface area contributed by atoms with Gasteiger partial charge in [-0.1, -0.05) is 52.0 Å². The van der Waals surface area contributed by atoms with Crippen LogP contribution in [0.2, 0.25) is 0 Å². The molecule has 4 heteroatoms. The molecular weight excluding hydrogens is 705 g/mol. The number of nitrogens with zero attached hydrogens (tertiary/aromatic N) is 4. The first-order chi connectivity index (χ1) is 26.6. The molecule has 0 radical (unpaired) electrons. The minimum absolute atomic E-state index is 0.0407. The van der Waals surface area contributed by atoms with Crippen LogP contribution in [0.3, 0.4) is 0 Å². The monoisotopic (exact) mass is 797 g/mol. The molecule has 4 aliphatic rings. The van der Waals surface area contributed by atoms with E-state index in [9.17, 15) is 0 Å². The van der Waals surface area contributed by atoms with E-state index in [1.165, 1.54) is 51.4 Å². The second kappa shape index (κ2) is 15.1. The lowest BCUT2D eigenvalue weighted by molar-refractivity contribution is 0.0741. The summed E-state index contributed by atoms with van der Waals surface area (Å²) in [7, 11) is 0. The van der Waals surface area contributed by atoms with Crippen LogP contribution in [0.4, 0.5) is 0 Å². The van der Waals surface area contributed by atoms with Gasteiger partial charge >= 0.3 is 0 Å². The fourth-order valence-electron chi connectivity index (χ4n) is 15.1. The Morgan fingerprint density at radius 3 is 0.828 bits per heavy atom. The molecule has 328 valence electrons. The van der Waals surface area contributed by atoms with E-state index < -0.39 is 0 Å². The summed E-state index contributed by atoms with van der Waals surface area (Å²) >= 11 is 0. The van der Waals surface area contributed by atoms with Gasteiger partial charge in [0.1, 0.15) is 0 Å². The van der Waals surface area contributed by atoms with Gasteiger partial charge in [-0.2, -0.15) is 0 Å². The van der Waals surface area contributed by atoms with Crippen molar-refractivity contribution in [3.05, 3.63) is 46.5 Å². The van der Waals surface area contributed by atoms with E-state index in [1.807, 2.05) is 0 Å². The molecular formula is C54H92N4. The zero-order chi connectivity index (χ0) is 43.4. The molecule has 0 amide bonds. The fourth-order valence-corrected chi connectivity index (χ4v) is 15.1. The van der Waals surface area contributed by atoms with Gasteiger partial charge in [0, 0.05) is 68.0 Å². The smallest absolute Gasteiger partial charge is 0.0227 e. The molecule has 0 aromatic heterocycles. The maximum absolute atomic E-state index is 2.88. The molecule has 6 rings (SSSR count). The van der Waals surface area contributed by atoms with Crippen molar-refractivity contribution in [1.29, 1.82) is 0 Å². The maximum Gasteiger partial charge on any atom is 0.0227 e. The molecule has 0 N–H and O–H groups in total. The third kappa shape index (κ3) is 7.28. The number of rotatable bonds is 12. The van der Waals surface area contributed by atoms with Crippen LogP contribution >= 0.6 is 0 Å². The van der Waals surface area contributed by atoms with Gasteiger partial charge < -0.3 is 0 Å². The Bertz CT molecular complexity index is 1670. The second-order valence-corrected chi connectivity index (χ2v) is 24.8. The van der Waals surface area contributed by atoms with Gasteiger partial charge in [-0.05, 0) is 221 Å². The molecule has 4 saturated heterocycles. The summed E-state index contributed by atoms with van der Waals surface area (Å²) in [5.41, 5.74) is 7.25. The minimum atomic E-state index is 0.0407. The number of hydrogen-bond acceptors (Lipinski definition) is 4. The zero-order valence-electron chi connectivity index (χ0n) is 41.9. The van der Waals surface area contributed by atoms with E-state index >= 15 is 0 Å². The van der Waals surface area contributed by atoms with Gasteiger partial charge in [0.15, 0.2) is 0 Å². The topological polar surface area (TPSA) is 13.0 Å². The first kappa shape index (κ1) is 46.1. The van der Waals surface area contributed by atoms with Gasteiger partial charge in [-0.3, -0.25) is 19.6 Å². The van der Waals surface area contributed by atoms with Gasteiger partial charge in [-0.15, -0.1) is 0 Å². The summed E-state index contributed by atoms with van der Waals surface area (Å²) in [6.07, 6.45) is 9.55. The fraction of sp³-hybridized carbons (Fsp3) is 0.815. The Hall–Kier alpha value is -1.46. The second-order valence-electron chi connectivity index (χ2n) is 24.8. The van der Waals surface area contributed by atoms with Crippen molar-refractivity contribution in [3.8, 4) is 0 Å². The first-order valence-corrected chi connectivity index (χ1v) is 24.3. The summed E-state index contributed by atoms with van der Waals surface area (Å²) in [5, 5.41) is 3.13. The van der Waals surface area contributed by atoms with Crippen molar-refractivity contribution in [3.63, 3.8) is 0 Å². The summed E-state index contributed by atoms with van der Waals surface area (Å²) in [6.45, 7) is 55.0. The molecule has 4 atom stereocenters. The third-order valence-electron chi connectivity index (χ3n) is 17.5. The Labute approximate surface area is 359 Å². The number of hydrogen-bond donors (Lipinski definition) is 0. The Morgan fingerprint density at radius 1 is 0.362 bits per heavy atom. The number of fused-ring (bicyclic) bond motifs is 1. The predicted octanol–water partition coefficient (Wildman–Crippen LogP) is 13.9. The molecule has 4 unspecified atom stereocenters. The van der Waals surface area contributed by atoms with Gasteiger partial charge in [0.05, 0.1) is 0 Å². The van der Waals surface area contributed by atoms with Crippen LogP contribution in [0.5, 0.6) is 0 Å². The van der Waals surface area contributed by atoms with Crippen LogP contribution in [0.1, 0.15) is 236 Å². The van der Waals surface area contributed by atoms with Crippen LogP contribution in [0, 0.1) is 0 Å². The number of likely N-dealkylation sites (tertiary alicyclic amines) is 4. The summed E-state index contributed by atoms with van der Waals surface area (Å²) in [6, 6.07) is 11.1. The lowest BCUT2D eigenvalue weighted by Gasteiger charge is -2.43. The van der Waals surface area contributed by atoms with Crippen molar-refractivity contribution in [1.82, 2.24) is 19.6 Å². The van der Waals surface area contributed by atoms with Crippen LogP contribution < -0.4 is 0 Å². The molecule has 4 heterocycles. The van der Waals surface area contributed by atoms with E-state index in [4.69, 9.17) is 0 Å². The van der Waals surface area contributed by atoms with Gasteiger partial charge in [-0.25, -0.2) is 0 Å². The molecule has 2 aromatic rings. The highest BCUT2D eigenvalue weighted by Crippen LogP contribution is 2.59. The van der Waals surface area contributed by atoms with E-state index in [0.29, 0.717) is 23.7 Å². The highest BCUT2D eigenvalue weighted by molar-refractivity contribution is 5.92. The molecule has 0 spiro atoms. The number of benzene rings is 2.